The number of anilines is 2. The maximum Gasteiger partial charge on any atom is 0.229 e. The van der Waals surface area contributed by atoms with Crippen molar-refractivity contribution in [1.29, 1.82) is 0 Å². The predicted octanol–water partition coefficient (Wildman–Crippen LogP) is 3.44. The van der Waals surface area contributed by atoms with E-state index in [9.17, 15) is 8.42 Å². The highest BCUT2D eigenvalue weighted by atomic mass is 32.2. The molecule has 4 nitrogen and oxygen atoms in total. The zero-order chi connectivity index (χ0) is 14.3. The molecule has 0 spiro atoms. The molecule has 0 radical (unpaired) electrons. The van der Waals surface area contributed by atoms with Gasteiger partial charge in [0.2, 0.25) is 10.0 Å². The minimum absolute atomic E-state index is 0.387. The SMILES string of the molecule is CCCC(CCC)Nc1ccccc1NS(C)(=O)=O. The lowest BCUT2D eigenvalue weighted by Gasteiger charge is -2.21. The molecule has 0 amide bonds. The summed E-state index contributed by atoms with van der Waals surface area (Å²) in [7, 11) is -3.25. The summed E-state index contributed by atoms with van der Waals surface area (Å²) in [6.07, 6.45) is 5.56. The topological polar surface area (TPSA) is 58.2 Å². The van der Waals surface area contributed by atoms with E-state index in [1.165, 1.54) is 6.26 Å². The van der Waals surface area contributed by atoms with Crippen molar-refractivity contribution < 1.29 is 8.42 Å². The van der Waals surface area contributed by atoms with Crippen LogP contribution in [0.15, 0.2) is 24.3 Å². The summed E-state index contributed by atoms with van der Waals surface area (Å²) in [4.78, 5) is 0. The molecule has 0 aliphatic rings. The maximum atomic E-state index is 11.4. The van der Waals surface area contributed by atoms with Gasteiger partial charge in [-0.25, -0.2) is 8.42 Å². The highest BCUT2D eigenvalue weighted by Gasteiger charge is 2.11. The van der Waals surface area contributed by atoms with Gasteiger partial charge in [0.15, 0.2) is 0 Å². The van der Waals surface area contributed by atoms with Gasteiger partial charge in [-0.05, 0) is 25.0 Å². The molecule has 5 heteroatoms. The Balaban J connectivity index is 2.87. The fourth-order valence-electron chi connectivity index (χ4n) is 2.10. The van der Waals surface area contributed by atoms with Crippen LogP contribution in [0.3, 0.4) is 0 Å². The van der Waals surface area contributed by atoms with Gasteiger partial charge >= 0.3 is 0 Å². The van der Waals surface area contributed by atoms with Crippen molar-refractivity contribution in [3.05, 3.63) is 24.3 Å². The second kappa shape index (κ2) is 7.38. The average molecular weight is 284 g/mol. The van der Waals surface area contributed by atoms with E-state index in [1.54, 1.807) is 6.07 Å². The Labute approximate surface area is 116 Å². The Morgan fingerprint density at radius 2 is 1.58 bits per heavy atom. The van der Waals surface area contributed by atoms with Crippen LogP contribution in [-0.2, 0) is 10.0 Å². The van der Waals surface area contributed by atoms with E-state index in [2.05, 4.69) is 23.9 Å². The van der Waals surface area contributed by atoms with Crippen LogP contribution in [0.4, 0.5) is 11.4 Å². The first-order valence-electron chi connectivity index (χ1n) is 6.79. The van der Waals surface area contributed by atoms with E-state index in [4.69, 9.17) is 0 Å². The molecular formula is C14H24N2O2S. The highest BCUT2D eigenvalue weighted by molar-refractivity contribution is 7.92. The summed E-state index contributed by atoms with van der Waals surface area (Å²) in [5.41, 5.74) is 1.46. The molecule has 0 heterocycles. The van der Waals surface area contributed by atoms with Crippen molar-refractivity contribution >= 4 is 21.4 Å². The lowest BCUT2D eigenvalue weighted by molar-refractivity contribution is 0.586. The molecule has 1 rings (SSSR count). The number of hydrogen-bond donors (Lipinski definition) is 2. The van der Waals surface area contributed by atoms with Crippen molar-refractivity contribution in [3.8, 4) is 0 Å². The number of para-hydroxylation sites is 2. The molecule has 19 heavy (non-hydrogen) atoms. The van der Waals surface area contributed by atoms with Crippen LogP contribution < -0.4 is 10.0 Å². The van der Waals surface area contributed by atoms with Gasteiger partial charge in [-0.2, -0.15) is 0 Å². The van der Waals surface area contributed by atoms with Gasteiger partial charge < -0.3 is 5.32 Å². The monoisotopic (exact) mass is 284 g/mol. The summed E-state index contributed by atoms with van der Waals surface area (Å²) in [5, 5.41) is 3.45. The van der Waals surface area contributed by atoms with Crippen LogP contribution in [-0.4, -0.2) is 20.7 Å². The molecular weight excluding hydrogens is 260 g/mol. The molecule has 0 aromatic heterocycles. The number of nitrogens with one attached hydrogen (secondary N) is 2. The zero-order valence-electron chi connectivity index (χ0n) is 11.9. The number of benzene rings is 1. The largest absolute Gasteiger partial charge is 0.381 e. The van der Waals surface area contributed by atoms with Crippen molar-refractivity contribution in [2.75, 3.05) is 16.3 Å². The van der Waals surface area contributed by atoms with Crippen LogP contribution in [0.2, 0.25) is 0 Å². The summed E-state index contributed by atoms with van der Waals surface area (Å²) >= 11 is 0. The van der Waals surface area contributed by atoms with Gasteiger partial charge in [-0.1, -0.05) is 38.8 Å². The number of hydrogen-bond acceptors (Lipinski definition) is 3. The molecule has 0 aliphatic carbocycles. The molecule has 0 aliphatic heterocycles. The van der Waals surface area contributed by atoms with Crippen LogP contribution in [0.5, 0.6) is 0 Å². The zero-order valence-corrected chi connectivity index (χ0v) is 12.8. The Morgan fingerprint density at radius 3 is 2.05 bits per heavy atom. The van der Waals surface area contributed by atoms with Crippen molar-refractivity contribution in [1.82, 2.24) is 0 Å². The third kappa shape index (κ3) is 5.96. The van der Waals surface area contributed by atoms with Crippen LogP contribution in [0, 0.1) is 0 Å². The molecule has 2 N–H and O–H groups in total. The molecule has 0 bridgehead atoms. The lowest BCUT2D eigenvalue weighted by atomic mass is 10.1. The van der Waals surface area contributed by atoms with E-state index in [0.29, 0.717) is 11.7 Å². The Morgan fingerprint density at radius 1 is 1.05 bits per heavy atom. The summed E-state index contributed by atoms with van der Waals surface area (Å²) < 4.78 is 25.3. The van der Waals surface area contributed by atoms with Crippen LogP contribution in [0.1, 0.15) is 39.5 Å². The standard InChI is InChI=1S/C14H24N2O2S/c1-4-8-12(9-5-2)15-13-10-6-7-11-14(13)16-19(3,17)18/h6-7,10-12,15-16H,4-5,8-9H2,1-3H3. The van der Waals surface area contributed by atoms with E-state index in [0.717, 1.165) is 31.4 Å². The number of rotatable bonds is 8. The Kier molecular flexibility index (Phi) is 6.15. The summed E-state index contributed by atoms with van der Waals surface area (Å²) in [6, 6.07) is 7.81. The second-order valence-corrected chi connectivity index (χ2v) is 6.59. The van der Waals surface area contributed by atoms with Gasteiger partial charge in [0, 0.05) is 6.04 Å². The molecule has 0 atom stereocenters. The molecule has 0 saturated carbocycles. The van der Waals surface area contributed by atoms with Gasteiger partial charge in [0.25, 0.3) is 0 Å². The van der Waals surface area contributed by atoms with E-state index in [-0.39, 0.29) is 0 Å². The fourth-order valence-corrected chi connectivity index (χ4v) is 2.68. The third-order valence-electron chi connectivity index (χ3n) is 2.86. The quantitative estimate of drug-likeness (QED) is 0.769. The van der Waals surface area contributed by atoms with Gasteiger partial charge in [-0.3, -0.25) is 4.72 Å². The minimum atomic E-state index is -3.25. The molecule has 1 aromatic rings. The van der Waals surface area contributed by atoms with Crippen molar-refractivity contribution in [2.24, 2.45) is 0 Å². The summed E-state index contributed by atoms with van der Waals surface area (Å²) in [5.74, 6) is 0. The fraction of sp³-hybridized carbons (Fsp3) is 0.571. The predicted molar refractivity (Wildman–Crippen MR) is 82.1 cm³/mol. The van der Waals surface area contributed by atoms with E-state index < -0.39 is 10.0 Å². The van der Waals surface area contributed by atoms with Gasteiger partial charge in [0.05, 0.1) is 17.6 Å². The average Bonchev–Trinajstić information content (AvgIpc) is 2.30. The van der Waals surface area contributed by atoms with E-state index >= 15 is 0 Å². The molecule has 0 saturated heterocycles. The third-order valence-corrected chi connectivity index (χ3v) is 3.45. The minimum Gasteiger partial charge on any atom is -0.381 e. The second-order valence-electron chi connectivity index (χ2n) is 4.84. The summed E-state index contributed by atoms with van der Waals surface area (Å²) in [6.45, 7) is 4.32. The molecule has 1 aromatic carbocycles. The van der Waals surface area contributed by atoms with Gasteiger partial charge in [0.1, 0.15) is 0 Å². The maximum absolute atomic E-state index is 11.4. The normalized spacial score (nSPS) is 11.6. The molecule has 0 fully saturated rings. The number of sulfonamides is 1. The lowest BCUT2D eigenvalue weighted by Crippen LogP contribution is -2.20. The molecule has 0 unspecified atom stereocenters. The van der Waals surface area contributed by atoms with Crippen LogP contribution >= 0.6 is 0 Å². The Bertz CT molecular complexity index is 480. The first kappa shape index (κ1) is 15.8. The van der Waals surface area contributed by atoms with Crippen molar-refractivity contribution in [2.45, 2.75) is 45.6 Å². The Hall–Kier alpha value is -1.23. The van der Waals surface area contributed by atoms with Gasteiger partial charge in [-0.15, -0.1) is 0 Å². The molecule has 108 valence electrons. The van der Waals surface area contributed by atoms with E-state index in [1.807, 2.05) is 18.2 Å². The first-order chi connectivity index (χ1) is 8.96. The van der Waals surface area contributed by atoms with Crippen molar-refractivity contribution in [3.63, 3.8) is 0 Å². The smallest absolute Gasteiger partial charge is 0.229 e. The van der Waals surface area contributed by atoms with Crippen LogP contribution in [0.25, 0.3) is 0 Å². The first-order valence-corrected chi connectivity index (χ1v) is 8.68. The highest BCUT2D eigenvalue weighted by Crippen LogP contribution is 2.24.